The Bertz CT molecular complexity index is 709. The maximum absolute atomic E-state index is 12.4. The Morgan fingerprint density at radius 1 is 1.17 bits per heavy atom. The normalized spacial score (nSPS) is 17.6. The molecule has 0 N–H and O–H groups in total. The third-order valence-corrected chi connectivity index (χ3v) is 4.58. The second-order valence-corrected chi connectivity index (χ2v) is 6.29. The van der Waals surface area contributed by atoms with Gasteiger partial charge in [0.25, 0.3) is 5.91 Å². The van der Waals surface area contributed by atoms with Crippen molar-refractivity contribution in [2.75, 3.05) is 26.3 Å². The minimum Gasteiger partial charge on any atom is -0.484 e. The molecule has 126 valence electrons. The summed E-state index contributed by atoms with van der Waals surface area (Å²) in [5.74, 6) is 0.618. The lowest BCUT2D eigenvalue weighted by molar-refractivity contribution is -0.141. The number of para-hydroxylation sites is 1. The third-order valence-electron chi connectivity index (χ3n) is 3.84. The van der Waals surface area contributed by atoms with Crippen LogP contribution in [0.3, 0.4) is 0 Å². The molecular formula is C18H17Cl2NO3. The first kappa shape index (κ1) is 17.1. The molecule has 4 nitrogen and oxygen atoms in total. The fraction of sp³-hybridized carbons (Fsp3) is 0.278. The Balaban J connectivity index is 1.60. The predicted octanol–water partition coefficient (Wildman–Crippen LogP) is 3.97. The van der Waals surface area contributed by atoms with Crippen LogP contribution in [0.4, 0.5) is 0 Å². The van der Waals surface area contributed by atoms with Gasteiger partial charge in [0.2, 0.25) is 0 Å². The van der Waals surface area contributed by atoms with Crippen molar-refractivity contribution in [2.24, 2.45) is 0 Å². The Hall–Kier alpha value is -1.75. The lowest BCUT2D eigenvalue weighted by Gasteiger charge is -2.33. The number of nitrogens with zero attached hydrogens (tertiary/aromatic N) is 1. The molecule has 0 aliphatic carbocycles. The lowest BCUT2D eigenvalue weighted by Crippen LogP contribution is -2.44. The summed E-state index contributed by atoms with van der Waals surface area (Å²) in [7, 11) is 0. The van der Waals surface area contributed by atoms with Crippen LogP contribution in [0.25, 0.3) is 0 Å². The average molecular weight is 366 g/mol. The van der Waals surface area contributed by atoms with Crippen LogP contribution in [0, 0.1) is 0 Å². The SMILES string of the molecule is O=C(COc1ccccc1)N1CCOC(c2ccc(Cl)c(Cl)c2)C1. The number of carbonyl (C=O) groups excluding carboxylic acids is 1. The molecule has 0 spiro atoms. The largest absolute Gasteiger partial charge is 0.484 e. The van der Waals surface area contributed by atoms with Crippen LogP contribution in [0.5, 0.6) is 5.75 Å². The quantitative estimate of drug-likeness (QED) is 0.822. The molecule has 0 bridgehead atoms. The molecule has 0 saturated carbocycles. The highest BCUT2D eigenvalue weighted by Gasteiger charge is 2.26. The summed E-state index contributed by atoms with van der Waals surface area (Å²) < 4.78 is 11.3. The van der Waals surface area contributed by atoms with E-state index < -0.39 is 0 Å². The van der Waals surface area contributed by atoms with E-state index in [2.05, 4.69) is 0 Å². The molecule has 24 heavy (non-hydrogen) atoms. The Morgan fingerprint density at radius 2 is 1.96 bits per heavy atom. The molecule has 6 heteroatoms. The van der Waals surface area contributed by atoms with Crippen molar-refractivity contribution in [1.82, 2.24) is 4.90 Å². The van der Waals surface area contributed by atoms with Gasteiger partial charge in [0.1, 0.15) is 11.9 Å². The smallest absolute Gasteiger partial charge is 0.260 e. The molecule has 1 heterocycles. The number of ether oxygens (including phenoxy) is 2. The van der Waals surface area contributed by atoms with Crippen molar-refractivity contribution in [2.45, 2.75) is 6.10 Å². The molecular weight excluding hydrogens is 349 g/mol. The van der Waals surface area contributed by atoms with Crippen molar-refractivity contribution in [3.05, 3.63) is 64.1 Å². The summed E-state index contributed by atoms with van der Waals surface area (Å²) in [6.07, 6.45) is -0.214. The minimum atomic E-state index is -0.214. The molecule has 0 radical (unpaired) electrons. The third kappa shape index (κ3) is 4.20. The maximum atomic E-state index is 12.4. The van der Waals surface area contributed by atoms with E-state index in [1.54, 1.807) is 17.0 Å². The van der Waals surface area contributed by atoms with Gasteiger partial charge in [-0.05, 0) is 29.8 Å². The van der Waals surface area contributed by atoms with Crippen LogP contribution >= 0.6 is 23.2 Å². The zero-order valence-electron chi connectivity index (χ0n) is 13.0. The molecule has 1 unspecified atom stereocenters. The second-order valence-electron chi connectivity index (χ2n) is 5.47. The fourth-order valence-electron chi connectivity index (χ4n) is 2.54. The highest BCUT2D eigenvalue weighted by atomic mass is 35.5. The number of morpholine rings is 1. The van der Waals surface area contributed by atoms with Crippen molar-refractivity contribution < 1.29 is 14.3 Å². The first-order chi connectivity index (χ1) is 11.6. The maximum Gasteiger partial charge on any atom is 0.260 e. The molecule has 0 aromatic heterocycles. The van der Waals surface area contributed by atoms with E-state index in [-0.39, 0.29) is 18.6 Å². The number of amides is 1. The number of carbonyl (C=O) groups is 1. The summed E-state index contributed by atoms with van der Waals surface area (Å²) in [5.41, 5.74) is 0.908. The molecule has 1 aliphatic heterocycles. The van der Waals surface area contributed by atoms with E-state index in [0.29, 0.717) is 35.5 Å². The van der Waals surface area contributed by atoms with E-state index in [0.717, 1.165) is 5.56 Å². The number of halogens is 2. The first-order valence-electron chi connectivity index (χ1n) is 7.65. The van der Waals surface area contributed by atoms with Gasteiger partial charge in [-0.3, -0.25) is 4.79 Å². The van der Waals surface area contributed by atoms with E-state index in [1.807, 2.05) is 36.4 Å². The van der Waals surface area contributed by atoms with Gasteiger partial charge in [-0.1, -0.05) is 47.5 Å². The zero-order chi connectivity index (χ0) is 16.9. The van der Waals surface area contributed by atoms with Crippen LogP contribution in [-0.4, -0.2) is 37.1 Å². The van der Waals surface area contributed by atoms with Crippen molar-refractivity contribution in [3.8, 4) is 5.75 Å². The van der Waals surface area contributed by atoms with Crippen LogP contribution in [-0.2, 0) is 9.53 Å². The van der Waals surface area contributed by atoms with E-state index in [1.165, 1.54) is 0 Å². The predicted molar refractivity (Wildman–Crippen MR) is 93.7 cm³/mol. The molecule has 1 amide bonds. The van der Waals surface area contributed by atoms with Crippen LogP contribution in [0.1, 0.15) is 11.7 Å². The minimum absolute atomic E-state index is 0.0120. The zero-order valence-corrected chi connectivity index (χ0v) is 14.5. The van der Waals surface area contributed by atoms with Gasteiger partial charge >= 0.3 is 0 Å². The Morgan fingerprint density at radius 3 is 2.71 bits per heavy atom. The Kier molecular flexibility index (Phi) is 5.61. The highest BCUT2D eigenvalue weighted by molar-refractivity contribution is 6.42. The van der Waals surface area contributed by atoms with Crippen LogP contribution in [0.15, 0.2) is 48.5 Å². The number of hydrogen-bond donors (Lipinski definition) is 0. The summed E-state index contributed by atoms with van der Waals surface area (Å²) in [6, 6.07) is 14.7. The molecule has 2 aromatic carbocycles. The van der Waals surface area contributed by atoms with Gasteiger partial charge in [0, 0.05) is 6.54 Å². The molecule has 1 saturated heterocycles. The summed E-state index contributed by atoms with van der Waals surface area (Å²) in [6.45, 7) is 1.50. The monoisotopic (exact) mass is 365 g/mol. The molecule has 1 aliphatic rings. The lowest BCUT2D eigenvalue weighted by atomic mass is 10.1. The van der Waals surface area contributed by atoms with Crippen LogP contribution < -0.4 is 4.74 Å². The van der Waals surface area contributed by atoms with Crippen molar-refractivity contribution >= 4 is 29.1 Å². The van der Waals surface area contributed by atoms with Crippen molar-refractivity contribution in [1.29, 1.82) is 0 Å². The Labute approximate surface area is 150 Å². The molecule has 2 aromatic rings. The van der Waals surface area contributed by atoms with E-state index >= 15 is 0 Å². The van der Waals surface area contributed by atoms with Crippen LogP contribution in [0.2, 0.25) is 10.0 Å². The number of benzene rings is 2. The van der Waals surface area contributed by atoms with E-state index in [4.69, 9.17) is 32.7 Å². The second kappa shape index (κ2) is 7.88. The summed E-state index contributed by atoms with van der Waals surface area (Å²) >= 11 is 12.0. The molecule has 1 fully saturated rings. The van der Waals surface area contributed by atoms with Gasteiger partial charge in [-0.15, -0.1) is 0 Å². The van der Waals surface area contributed by atoms with Gasteiger partial charge in [-0.2, -0.15) is 0 Å². The number of hydrogen-bond acceptors (Lipinski definition) is 3. The fourth-order valence-corrected chi connectivity index (χ4v) is 2.85. The van der Waals surface area contributed by atoms with Gasteiger partial charge in [-0.25, -0.2) is 0 Å². The first-order valence-corrected chi connectivity index (χ1v) is 8.41. The topological polar surface area (TPSA) is 38.8 Å². The summed E-state index contributed by atoms with van der Waals surface area (Å²) in [5, 5.41) is 0.981. The molecule has 1 atom stereocenters. The number of rotatable bonds is 4. The van der Waals surface area contributed by atoms with Gasteiger partial charge in [0.15, 0.2) is 6.61 Å². The van der Waals surface area contributed by atoms with Gasteiger partial charge < -0.3 is 14.4 Å². The average Bonchev–Trinajstić information content (AvgIpc) is 2.63. The van der Waals surface area contributed by atoms with Gasteiger partial charge in [0.05, 0.1) is 23.2 Å². The van der Waals surface area contributed by atoms with Crippen molar-refractivity contribution in [3.63, 3.8) is 0 Å². The standard InChI is InChI=1S/C18H17Cl2NO3/c19-15-7-6-13(10-16(15)20)17-11-21(8-9-23-17)18(22)12-24-14-4-2-1-3-5-14/h1-7,10,17H,8-9,11-12H2. The molecule has 3 rings (SSSR count). The van der Waals surface area contributed by atoms with E-state index in [9.17, 15) is 4.79 Å². The summed E-state index contributed by atoms with van der Waals surface area (Å²) in [4.78, 5) is 14.1. The highest BCUT2D eigenvalue weighted by Crippen LogP contribution is 2.29.